The largest absolute Gasteiger partial charge is 0.467 e. The highest BCUT2D eigenvalue weighted by molar-refractivity contribution is 5.74. The average Bonchev–Trinajstić information content (AvgIpc) is 3.14. The first-order valence-corrected chi connectivity index (χ1v) is 8.55. The first kappa shape index (κ1) is 16.6. The third-order valence-corrected chi connectivity index (χ3v) is 4.53. The molecule has 0 saturated heterocycles. The van der Waals surface area contributed by atoms with Crippen LogP contribution in [0.25, 0.3) is 0 Å². The first-order valence-electron chi connectivity index (χ1n) is 8.55. The molecule has 5 heteroatoms. The van der Waals surface area contributed by atoms with E-state index in [1.165, 1.54) is 11.1 Å². The van der Waals surface area contributed by atoms with Gasteiger partial charge in [-0.2, -0.15) is 0 Å². The second-order valence-corrected chi connectivity index (χ2v) is 6.12. The van der Waals surface area contributed by atoms with E-state index in [4.69, 9.17) is 4.42 Å². The highest BCUT2D eigenvalue weighted by Gasteiger charge is 2.28. The van der Waals surface area contributed by atoms with Crippen molar-refractivity contribution in [1.29, 1.82) is 0 Å². The standard InChI is InChI=1S/C19H24N2O3/c22-12-5-11-21(19(23)20-14-16-8-4-13-24-16)18-10-3-7-15-6-1-2-9-17(15)18/h1-2,4,6,8-9,13,18,22H,3,5,7,10-12,14H2,(H,20,23). The van der Waals surface area contributed by atoms with Gasteiger partial charge in [-0.15, -0.1) is 0 Å². The Morgan fingerprint density at radius 2 is 2.17 bits per heavy atom. The van der Waals surface area contributed by atoms with Gasteiger partial charge in [0.05, 0.1) is 18.8 Å². The van der Waals surface area contributed by atoms with E-state index >= 15 is 0 Å². The van der Waals surface area contributed by atoms with Crippen LogP contribution in [0.5, 0.6) is 0 Å². The van der Waals surface area contributed by atoms with E-state index in [-0.39, 0.29) is 18.7 Å². The minimum atomic E-state index is -0.110. The van der Waals surface area contributed by atoms with Gasteiger partial charge in [0.25, 0.3) is 0 Å². The van der Waals surface area contributed by atoms with Crippen molar-refractivity contribution >= 4 is 6.03 Å². The van der Waals surface area contributed by atoms with Crippen LogP contribution in [-0.4, -0.2) is 29.2 Å². The number of urea groups is 1. The van der Waals surface area contributed by atoms with Crippen molar-refractivity contribution < 1.29 is 14.3 Å². The molecule has 0 spiro atoms. The van der Waals surface area contributed by atoms with Gasteiger partial charge in [0.1, 0.15) is 5.76 Å². The summed E-state index contributed by atoms with van der Waals surface area (Å²) in [4.78, 5) is 14.6. The lowest BCUT2D eigenvalue weighted by atomic mass is 9.87. The molecule has 24 heavy (non-hydrogen) atoms. The number of rotatable bonds is 6. The summed E-state index contributed by atoms with van der Waals surface area (Å²) >= 11 is 0. The molecule has 5 nitrogen and oxygen atoms in total. The van der Waals surface area contributed by atoms with Crippen LogP contribution in [0.2, 0.25) is 0 Å². The zero-order chi connectivity index (χ0) is 16.8. The predicted molar refractivity (Wildman–Crippen MR) is 91.5 cm³/mol. The Balaban J connectivity index is 1.75. The minimum Gasteiger partial charge on any atom is -0.467 e. The van der Waals surface area contributed by atoms with Crippen molar-refractivity contribution in [1.82, 2.24) is 10.2 Å². The monoisotopic (exact) mass is 328 g/mol. The Labute approximate surface area is 142 Å². The molecule has 1 aromatic heterocycles. The molecule has 1 heterocycles. The number of amides is 2. The summed E-state index contributed by atoms with van der Waals surface area (Å²) < 4.78 is 5.27. The number of benzene rings is 1. The van der Waals surface area contributed by atoms with Crippen LogP contribution in [0.15, 0.2) is 47.1 Å². The summed E-state index contributed by atoms with van der Waals surface area (Å²) in [6, 6.07) is 12.0. The molecular weight excluding hydrogens is 304 g/mol. The van der Waals surface area contributed by atoms with Gasteiger partial charge < -0.3 is 19.7 Å². The van der Waals surface area contributed by atoms with E-state index in [0.717, 1.165) is 25.0 Å². The van der Waals surface area contributed by atoms with Crippen LogP contribution in [0, 0.1) is 0 Å². The molecule has 128 valence electrons. The molecule has 1 aliphatic carbocycles. The SMILES string of the molecule is O=C(NCc1ccco1)N(CCCO)C1CCCc2ccccc21. The lowest BCUT2D eigenvalue weighted by Crippen LogP contribution is -2.43. The van der Waals surface area contributed by atoms with Crippen molar-refractivity contribution in [3.8, 4) is 0 Å². The highest BCUT2D eigenvalue weighted by Crippen LogP contribution is 2.34. The van der Waals surface area contributed by atoms with E-state index in [1.54, 1.807) is 6.26 Å². The van der Waals surface area contributed by atoms with Crippen molar-refractivity contribution in [3.63, 3.8) is 0 Å². The zero-order valence-corrected chi connectivity index (χ0v) is 13.8. The fourth-order valence-corrected chi connectivity index (χ4v) is 3.37. The van der Waals surface area contributed by atoms with E-state index in [1.807, 2.05) is 23.1 Å². The molecular formula is C19H24N2O3. The fourth-order valence-electron chi connectivity index (χ4n) is 3.37. The number of fused-ring (bicyclic) bond motifs is 1. The van der Waals surface area contributed by atoms with E-state index in [9.17, 15) is 9.90 Å². The van der Waals surface area contributed by atoms with Gasteiger partial charge in [-0.3, -0.25) is 0 Å². The number of carbonyl (C=O) groups excluding carboxylic acids is 1. The number of hydrogen-bond donors (Lipinski definition) is 2. The molecule has 2 aromatic rings. The summed E-state index contributed by atoms with van der Waals surface area (Å²) in [5.74, 6) is 0.731. The lowest BCUT2D eigenvalue weighted by molar-refractivity contribution is 0.156. The minimum absolute atomic E-state index is 0.0677. The Hall–Kier alpha value is -2.27. The van der Waals surface area contributed by atoms with Gasteiger partial charge in [-0.1, -0.05) is 24.3 Å². The molecule has 1 atom stereocenters. The number of aliphatic hydroxyl groups excluding tert-OH is 1. The van der Waals surface area contributed by atoms with Crippen molar-refractivity contribution in [2.45, 2.75) is 38.3 Å². The number of aliphatic hydroxyl groups is 1. The molecule has 1 aromatic carbocycles. The van der Waals surface area contributed by atoms with Crippen LogP contribution in [0.1, 0.15) is 42.2 Å². The lowest BCUT2D eigenvalue weighted by Gasteiger charge is -2.36. The maximum Gasteiger partial charge on any atom is 0.318 e. The van der Waals surface area contributed by atoms with E-state index < -0.39 is 0 Å². The number of nitrogens with one attached hydrogen (secondary N) is 1. The molecule has 2 N–H and O–H groups in total. The van der Waals surface area contributed by atoms with Crippen LogP contribution in [0.4, 0.5) is 4.79 Å². The van der Waals surface area contributed by atoms with Crippen molar-refractivity contribution in [2.75, 3.05) is 13.2 Å². The predicted octanol–water partition coefficient (Wildman–Crippen LogP) is 3.25. The molecule has 0 aliphatic heterocycles. The third-order valence-electron chi connectivity index (χ3n) is 4.53. The Bertz CT molecular complexity index is 654. The van der Waals surface area contributed by atoms with Crippen molar-refractivity contribution in [2.24, 2.45) is 0 Å². The second-order valence-electron chi connectivity index (χ2n) is 6.12. The van der Waals surface area contributed by atoms with Gasteiger partial charge in [-0.05, 0) is 48.9 Å². The summed E-state index contributed by atoms with van der Waals surface area (Å²) in [6.45, 7) is 0.992. The number of furan rings is 1. The van der Waals surface area contributed by atoms with Gasteiger partial charge in [0.2, 0.25) is 0 Å². The number of nitrogens with zero attached hydrogens (tertiary/aromatic N) is 1. The maximum atomic E-state index is 12.7. The number of carbonyl (C=O) groups is 1. The van der Waals surface area contributed by atoms with Gasteiger partial charge in [0.15, 0.2) is 0 Å². The van der Waals surface area contributed by atoms with Crippen LogP contribution in [-0.2, 0) is 13.0 Å². The number of hydrogen-bond acceptors (Lipinski definition) is 3. The van der Waals surface area contributed by atoms with Crippen molar-refractivity contribution in [3.05, 3.63) is 59.5 Å². The molecule has 0 saturated carbocycles. The summed E-state index contributed by atoms with van der Waals surface area (Å²) in [5.41, 5.74) is 2.55. The third kappa shape index (κ3) is 3.79. The summed E-state index contributed by atoms with van der Waals surface area (Å²) in [5, 5.41) is 12.1. The molecule has 0 bridgehead atoms. The van der Waals surface area contributed by atoms with Gasteiger partial charge in [0, 0.05) is 13.2 Å². The van der Waals surface area contributed by atoms with Gasteiger partial charge >= 0.3 is 6.03 Å². The van der Waals surface area contributed by atoms with Crippen LogP contribution < -0.4 is 5.32 Å². The average molecular weight is 328 g/mol. The Morgan fingerprint density at radius 3 is 2.96 bits per heavy atom. The van der Waals surface area contributed by atoms with E-state index in [0.29, 0.717) is 19.5 Å². The van der Waals surface area contributed by atoms with Crippen LogP contribution >= 0.6 is 0 Å². The zero-order valence-electron chi connectivity index (χ0n) is 13.8. The molecule has 1 unspecified atom stereocenters. The topological polar surface area (TPSA) is 65.7 Å². The van der Waals surface area contributed by atoms with E-state index in [2.05, 4.69) is 23.5 Å². The Kier molecular flexibility index (Phi) is 5.54. The fraction of sp³-hybridized carbons (Fsp3) is 0.421. The first-order chi connectivity index (χ1) is 11.8. The maximum absolute atomic E-state index is 12.7. The molecule has 1 aliphatic rings. The highest BCUT2D eigenvalue weighted by atomic mass is 16.3. The molecule has 3 rings (SSSR count). The molecule has 0 radical (unpaired) electrons. The van der Waals surface area contributed by atoms with Crippen LogP contribution in [0.3, 0.4) is 0 Å². The summed E-state index contributed by atoms with van der Waals surface area (Å²) in [6.07, 6.45) is 5.27. The second kappa shape index (κ2) is 8.02. The smallest absolute Gasteiger partial charge is 0.318 e. The molecule has 2 amide bonds. The normalized spacial score (nSPS) is 16.5. The Morgan fingerprint density at radius 1 is 1.29 bits per heavy atom. The quantitative estimate of drug-likeness (QED) is 0.855. The number of aryl methyl sites for hydroxylation is 1. The van der Waals surface area contributed by atoms with Gasteiger partial charge in [-0.25, -0.2) is 4.79 Å². The summed E-state index contributed by atoms with van der Waals surface area (Å²) in [7, 11) is 0. The molecule has 0 fully saturated rings.